The van der Waals surface area contributed by atoms with E-state index < -0.39 is 29.3 Å². The Balaban J connectivity index is 1.75. The number of rotatable bonds is 5. The second-order valence-corrected chi connectivity index (χ2v) is 6.95. The lowest BCUT2D eigenvalue weighted by atomic mass is 10.0. The van der Waals surface area contributed by atoms with E-state index in [0.29, 0.717) is 19.4 Å². The lowest BCUT2D eigenvalue weighted by Crippen LogP contribution is -2.39. The second-order valence-electron chi connectivity index (χ2n) is 6.95. The molecule has 2 N–H and O–H groups in total. The summed E-state index contributed by atoms with van der Waals surface area (Å²) in [4.78, 5) is 12.2. The average molecular weight is 374 g/mol. The van der Waals surface area contributed by atoms with Gasteiger partial charge in [-0.2, -0.15) is 13.2 Å². The zero-order chi connectivity index (χ0) is 18.9. The topological polar surface area (TPSA) is 50.4 Å². The van der Waals surface area contributed by atoms with Gasteiger partial charge in [-0.05, 0) is 49.9 Å². The molecule has 0 bridgehead atoms. The van der Waals surface area contributed by atoms with Gasteiger partial charge in [0.25, 0.3) is 0 Å². The highest BCUT2D eigenvalue weighted by atomic mass is 19.4. The Labute approximate surface area is 149 Å². The minimum absolute atomic E-state index is 0.0793. The van der Waals surface area contributed by atoms with Crippen molar-refractivity contribution in [2.75, 3.05) is 13.1 Å². The zero-order valence-corrected chi connectivity index (χ0v) is 14.5. The first-order valence-electron chi connectivity index (χ1n) is 8.83. The maximum Gasteiger partial charge on any atom is 0.419 e. The number of benzene rings is 1. The predicted molar refractivity (Wildman–Crippen MR) is 87.0 cm³/mol. The van der Waals surface area contributed by atoms with Gasteiger partial charge in [0.1, 0.15) is 11.4 Å². The SMILES string of the molecule is CCC1C[C@]1(OC(=O)NCC1CCCN1)c1ccc(F)c(C(F)(F)F)c1. The Kier molecular flexibility index (Phi) is 5.14. The molecule has 1 amide bonds. The standard InChI is InChI=1S/C18H22F4N2O2/c1-2-11-9-17(11,26-16(25)24-10-13-4-3-7-23-13)12-5-6-15(19)14(8-12)18(20,21)22/h5-6,8,11,13,23H,2-4,7,9-10H2,1H3,(H,24,25)/t11?,13?,17-/m1/s1. The van der Waals surface area contributed by atoms with E-state index in [1.165, 1.54) is 6.07 Å². The number of hydrogen-bond donors (Lipinski definition) is 2. The molecule has 1 aromatic carbocycles. The molecule has 2 fully saturated rings. The van der Waals surface area contributed by atoms with E-state index in [1.807, 2.05) is 6.92 Å². The third kappa shape index (κ3) is 3.79. The molecule has 1 saturated heterocycles. The van der Waals surface area contributed by atoms with Gasteiger partial charge in [-0.15, -0.1) is 0 Å². The van der Waals surface area contributed by atoms with Crippen LogP contribution in [-0.4, -0.2) is 25.2 Å². The van der Waals surface area contributed by atoms with Crippen molar-refractivity contribution in [2.45, 2.75) is 50.4 Å². The number of amides is 1. The number of alkyl carbamates (subject to hydrolysis) is 1. The molecule has 0 radical (unpaired) electrons. The average Bonchev–Trinajstić information content (AvgIpc) is 3.02. The summed E-state index contributed by atoms with van der Waals surface area (Å²) in [6.07, 6.45) is -2.38. The summed E-state index contributed by atoms with van der Waals surface area (Å²) >= 11 is 0. The molecular formula is C18H22F4N2O2. The summed E-state index contributed by atoms with van der Waals surface area (Å²) in [7, 11) is 0. The largest absolute Gasteiger partial charge is 0.438 e. The van der Waals surface area contributed by atoms with Crippen molar-refractivity contribution >= 4 is 6.09 Å². The Bertz CT molecular complexity index is 674. The number of ether oxygens (including phenoxy) is 1. The molecule has 26 heavy (non-hydrogen) atoms. The molecule has 4 nitrogen and oxygen atoms in total. The normalized spacial score (nSPS) is 28.0. The molecule has 3 atom stereocenters. The molecule has 2 aliphatic rings. The van der Waals surface area contributed by atoms with Crippen LogP contribution >= 0.6 is 0 Å². The van der Waals surface area contributed by atoms with Crippen LogP contribution in [0.15, 0.2) is 18.2 Å². The van der Waals surface area contributed by atoms with Crippen LogP contribution in [-0.2, 0) is 16.5 Å². The van der Waals surface area contributed by atoms with Crippen LogP contribution in [0.5, 0.6) is 0 Å². The lowest BCUT2D eigenvalue weighted by Gasteiger charge is -2.21. The van der Waals surface area contributed by atoms with Crippen molar-refractivity contribution < 1.29 is 27.1 Å². The molecule has 2 unspecified atom stereocenters. The van der Waals surface area contributed by atoms with Crippen molar-refractivity contribution in [2.24, 2.45) is 5.92 Å². The van der Waals surface area contributed by atoms with E-state index in [9.17, 15) is 22.4 Å². The summed E-state index contributed by atoms with van der Waals surface area (Å²) in [5, 5.41) is 5.91. The molecule has 1 aliphatic carbocycles. The summed E-state index contributed by atoms with van der Waals surface area (Å²) in [5.74, 6) is -1.41. The second kappa shape index (κ2) is 7.06. The fraction of sp³-hybridized carbons (Fsp3) is 0.611. The third-order valence-corrected chi connectivity index (χ3v) is 5.23. The molecule has 1 aromatic rings. The van der Waals surface area contributed by atoms with Gasteiger partial charge in [0.05, 0.1) is 5.56 Å². The van der Waals surface area contributed by atoms with Crippen LogP contribution in [0, 0.1) is 11.7 Å². The van der Waals surface area contributed by atoms with Crippen molar-refractivity contribution in [3.63, 3.8) is 0 Å². The fourth-order valence-electron chi connectivity index (χ4n) is 3.66. The number of alkyl halides is 3. The summed E-state index contributed by atoms with van der Waals surface area (Å²) in [5.41, 5.74) is -2.27. The van der Waals surface area contributed by atoms with E-state index in [-0.39, 0.29) is 17.5 Å². The summed E-state index contributed by atoms with van der Waals surface area (Å²) < 4.78 is 58.1. The monoisotopic (exact) mass is 374 g/mol. The summed E-state index contributed by atoms with van der Waals surface area (Å²) in [6, 6.07) is 3.00. The van der Waals surface area contributed by atoms with Crippen molar-refractivity contribution in [1.82, 2.24) is 10.6 Å². The van der Waals surface area contributed by atoms with E-state index in [4.69, 9.17) is 4.74 Å². The molecule has 0 spiro atoms. The predicted octanol–water partition coefficient (Wildman–Crippen LogP) is 3.95. The number of hydrogen-bond acceptors (Lipinski definition) is 3. The highest BCUT2D eigenvalue weighted by molar-refractivity contribution is 5.68. The smallest absolute Gasteiger partial charge is 0.419 e. The van der Waals surface area contributed by atoms with E-state index in [0.717, 1.165) is 31.5 Å². The Morgan fingerprint density at radius 2 is 2.19 bits per heavy atom. The minimum Gasteiger partial charge on any atom is -0.438 e. The van der Waals surface area contributed by atoms with E-state index in [2.05, 4.69) is 10.6 Å². The highest BCUT2D eigenvalue weighted by Crippen LogP contribution is 2.57. The first kappa shape index (κ1) is 18.9. The van der Waals surface area contributed by atoms with Crippen molar-refractivity contribution in [3.8, 4) is 0 Å². The first-order valence-corrected chi connectivity index (χ1v) is 8.83. The molecule has 1 heterocycles. The minimum atomic E-state index is -4.80. The maximum absolute atomic E-state index is 13.6. The number of carbonyl (C=O) groups is 1. The Morgan fingerprint density at radius 3 is 2.77 bits per heavy atom. The summed E-state index contributed by atoms with van der Waals surface area (Å²) in [6.45, 7) is 3.19. The molecule has 8 heteroatoms. The molecule has 144 valence electrons. The number of carbonyl (C=O) groups excluding carboxylic acids is 1. The highest BCUT2D eigenvalue weighted by Gasteiger charge is 2.58. The van der Waals surface area contributed by atoms with Crippen LogP contribution in [0.4, 0.5) is 22.4 Å². The quantitative estimate of drug-likeness (QED) is 0.768. The van der Waals surface area contributed by atoms with Crippen LogP contribution in [0.1, 0.15) is 43.7 Å². The van der Waals surface area contributed by atoms with Gasteiger partial charge in [-0.1, -0.05) is 13.0 Å². The first-order chi connectivity index (χ1) is 12.3. The van der Waals surface area contributed by atoms with Crippen LogP contribution in [0.2, 0.25) is 0 Å². The van der Waals surface area contributed by atoms with Crippen molar-refractivity contribution in [1.29, 1.82) is 0 Å². The molecule has 1 saturated carbocycles. The Hall–Kier alpha value is -1.83. The van der Waals surface area contributed by atoms with E-state index >= 15 is 0 Å². The lowest BCUT2D eigenvalue weighted by molar-refractivity contribution is -0.140. The van der Waals surface area contributed by atoms with E-state index in [1.54, 1.807) is 0 Å². The maximum atomic E-state index is 13.6. The van der Waals surface area contributed by atoms with Gasteiger partial charge < -0.3 is 15.4 Å². The zero-order valence-electron chi connectivity index (χ0n) is 14.5. The number of halogens is 4. The van der Waals surface area contributed by atoms with Gasteiger partial charge in [0, 0.05) is 18.5 Å². The van der Waals surface area contributed by atoms with Gasteiger partial charge in [-0.3, -0.25) is 0 Å². The molecule has 0 aromatic heterocycles. The van der Waals surface area contributed by atoms with Gasteiger partial charge in [0.2, 0.25) is 0 Å². The van der Waals surface area contributed by atoms with Crippen LogP contribution in [0.25, 0.3) is 0 Å². The van der Waals surface area contributed by atoms with Gasteiger partial charge in [-0.25, -0.2) is 9.18 Å². The fourth-order valence-corrected chi connectivity index (χ4v) is 3.66. The third-order valence-electron chi connectivity index (χ3n) is 5.23. The van der Waals surface area contributed by atoms with Gasteiger partial charge >= 0.3 is 12.3 Å². The van der Waals surface area contributed by atoms with Crippen LogP contribution < -0.4 is 10.6 Å². The molecule has 3 rings (SSSR count). The number of nitrogens with one attached hydrogen (secondary N) is 2. The van der Waals surface area contributed by atoms with Crippen molar-refractivity contribution in [3.05, 3.63) is 35.1 Å². The Morgan fingerprint density at radius 1 is 1.42 bits per heavy atom. The molecular weight excluding hydrogens is 352 g/mol. The van der Waals surface area contributed by atoms with Crippen LogP contribution in [0.3, 0.4) is 0 Å². The molecule has 1 aliphatic heterocycles. The van der Waals surface area contributed by atoms with Gasteiger partial charge in [0.15, 0.2) is 0 Å².